The molecule has 0 spiro atoms. The zero-order valence-corrected chi connectivity index (χ0v) is 18.3. The number of isothiocyanates is 1. The molecule has 0 atom stereocenters. The van der Waals surface area contributed by atoms with Crippen LogP contribution in [0.3, 0.4) is 0 Å². The highest BCUT2D eigenvalue weighted by Gasteiger charge is 2.10. The molecule has 150 valence electrons. The fourth-order valence-electron chi connectivity index (χ4n) is 3.11. The highest BCUT2D eigenvalue weighted by molar-refractivity contribution is 7.78. The molecule has 0 aromatic heterocycles. The van der Waals surface area contributed by atoms with E-state index in [1.807, 2.05) is 24.3 Å². The molecule has 0 aliphatic carbocycles. The van der Waals surface area contributed by atoms with Crippen molar-refractivity contribution in [3.05, 3.63) is 88.2 Å². The molecule has 3 rings (SSSR count). The zero-order valence-electron chi connectivity index (χ0n) is 16.7. The van der Waals surface area contributed by atoms with Crippen LogP contribution in [0.2, 0.25) is 5.02 Å². The number of hydrogen-bond donors (Lipinski definition) is 0. The van der Waals surface area contributed by atoms with E-state index in [0.29, 0.717) is 5.56 Å². The van der Waals surface area contributed by atoms with Crippen LogP contribution in [-0.4, -0.2) is 5.16 Å². The summed E-state index contributed by atoms with van der Waals surface area (Å²) in [6, 6.07) is 19.1. The van der Waals surface area contributed by atoms with Crippen LogP contribution in [0.4, 0.5) is 10.1 Å². The molecule has 0 saturated carbocycles. The highest BCUT2D eigenvalue weighted by Crippen LogP contribution is 2.33. The first-order valence-electron chi connectivity index (χ1n) is 9.89. The molecule has 0 aliphatic heterocycles. The SMILES string of the molecule is CCCCCc1ccc(C#Cc2ccc(-c3cc(F)c(N=C=S)c(Cl)c3)cc2)cc1. The molecule has 3 aromatic rings. The number of benzene rings is 3. The van der Waals surface area contributed by atoms with E-state index in [4.69, 9.17) is 11.6 Å². The molecule has 1 nitrogen and oxygen atoms in total. The van der Waals surface area contributed by atoms with Gasteiger partial charge in [-0.15, -0.1) is 0 Å². The largest absolute Gasteiger partial charge is 0.205 e. The fraction of sp³-hybridized carbons (Fsp3) is 0.192. The van der Waals surface area contributed by atoms with Gasteiger partial charge in [-0.3, -0.25) is 0 Å². The van der Waals surface area contributed by atoms with Crippen molar-refractivity contribution in [1.29, 1.82) is 0 Å². The third-order valence-electron chi connectivity index (χ3n) is 4.77. The van der Waals surface area contributed by atoms with Crippen LogP contribution in [0.25, 0.3) is 11.1 Å². The molecular weight excluding hydrogens is 413 g/mol. The Kier molecular flexibility index (Phi) is 7.94. The molecule has 30 heavy (non-hydrogen) atoms. The second kappa shape index (κ2) is 10.9. The van der Waals surface area contributed by atoms with Gasteiger partial charge in [0, 0.05) is 11.1 Å². The molecule has 0 bridgehead atoms. The molecule has 0 aliphatic rings. The summed E-state index contributed by atoms with van der Waals surface area (Å²) in [5.74, 6) is 5.84. The molecule has 3 aromatic carbocycles. The van der Waals surface area contributed by atoms with E-state index < -0.39 is 5.82 Å². The van der Waals surface area contributed by atoms with Gasteiger partial charge in [-0.05, 0) is 78.1 Å². The summed E-state index contributed by atoms with van der Waals surface area (Å²) in [6.45, 7) is 2.21. The van der Waals surface area contributed by atoms with Gasteiger partial charge >= 0.3 is 0 Å². The summed E-state index contributed by atoms with van der Waals surface area (Å²) in [6.07, 6.45) is 4.84. The number of aryl methyl sites for hydroxylation is 1. The van der Waals surface area contributed by atoms with E-state index in [0.717, 1.165) is 23.1 Å². The first-order chi connectivity index (χ1) is 14.6. The van der Waals surface area contributed by atoms with Crippen LogP contribution >= 0.6 is 23.8 Å². The van der Waals surface area contributed by atoms with Gasteiger partial charge in [0.15, 0.2) is 5.82 Å². The van der Waals surface area contributed by atoms with Crippen molar-refractivity contribution < 1.29 is 4.39 Å². The van der Waals surface area contributed by atoms with Gasteiger partial charge in [-0.2, -0.15) is 4.99 Å². The lowest BCUT2D eigenvalue weighted by Gasteiger charge is -2.06. The second-order valence-electron chi connectivity index (χ2n) is 6.97. The van der Waals surface area contributed by atoms with Gasteiger partial charge in [0.05, 0.1) is 10.2 Å². The van der Waals surface area contributed by atoms with E-state index in [2.05, 4.69) is 65.4 Å². The van der Waals surface area contributed by atoms with Crippen LogP contribution in [0.1, 0.15) is 42.9 Å². The molecular formula is C26H21ClFNS. The van der Waals surface area contributed by atoms with E-state index in [1.54, 1.807) is 6.07 Å². The number of aliphatic imine (C=N–C) groups is 1. The summed E-state index contributed by atoms with van der Waals surface area (Å²) in [7, 11) is 0. The lowest BCUT2D eigenvalue weighted by molar-refractivity contribution is 0.630. The molecule has 0 N–H and O–H groups in total. The van der Waals surface area contributed by atoms with Gasteiger partial charge in [0.2, 0.25) is 0 Å². The second-order valence-corrected chi connectivity index (χ2v) is 7.56. The Bertz CT molecular complexity index is 1100. The minimum absolute atomic E-state index is 0.00860. The van der Waals surface area contributed by atoms with Crippen LogP contribution in [0.5, 0.6) is 0 Å². The van der Waals surface area contributed by atoms with Crippen molar-refractivity contribution in [2.75, 3.05) is 0 Å². The number of rotatable bonds is 6. The Labute approximate surface area is 187 Å². The third kappa shape index (κ3) is 5.88. The van der Waals surface area contributed by atoms with Crippen molar-refractivity contribution in [1.82, 2.24) is 0 Å². The number of hydrogen-bond acceptors (Lipinski definition) is 2. The average Bonchev–Trinajstić information content (AvgIpc) is 2.76. The molecule has 4 heteroatoms. The predicted octanol–water partition coefficient (Wildman–Crippen LogP) is 8.01. The summed E-state index contributed by atoms with van der Waals surface area (Å²) in [5.41, 5.74) is 4.75. The fourth-order valence-corrected chi connectivity index (χ4v) is 3.45. The monoisotopic (exact) mass is 433 g/mol. The number of halogens is 2. The third-order valence-corrected chi connectivity index (χ3v) is 5.15. The van der Waals surface area contributed by atoms with E-state index in [9.17, 15) is 4.39 Å². The maximum atomic E-state index is 14.2. The molecule has 0 radical (unpaired) electrons. The standard InChI is InChI=1S/C26H21ClFNS/c1-2-3-4-5-19-6-8-20(9-7-19)10-11-21-12-14-22(15-13-21)23-16-24(27)26(29-18-30)25(28)17-23/h6-9,12-17H,2-5H2,1H3. The van der Waals surface area contributed by atoms with Gasteiger partial charge in [-0.25, -0.2) is 4.39 Å². The van der Waals surface area contributed by atoms with Crippen LogP contribution in [0, 0.1) is 17.7 Å². The normalized spacial score (nSPS) is 10.1. The predicted molar refractivity (Wildman–Crippen MR) is 127 cm³/mol. The Balaban J connectivity index is 1.72. The van der Waals surface area contributed by atoms with Gasteiger partial charge < -0.3 is 0 Å². The van der Waals surface area contributed by atoms with Gasteiger partial charge in [-0.1, -0.05) is 67.5 Å². The van der Waals surface area contributed by atoms with E-state index in [-0.39, 0.29) is 10.7 Å². The van der Waals surface area contributed by atoms with Crippen LogP contribution in [-0.2, 0) is 6.42 Å². The number of thiocarbonyl (C=S) groups is 1. The maximum absolute atomic E-state index is 14.2. The molecule has 0 unspecified atom stereocenters. The number of nitrogens with zero attached hydrogens (tertiary/aromatic N) is 1. The van der Waals surface area contributed by atoms with E-state index >= 15 is 0 Å². The topological polar surface area (TPSA) is 12.4 Å². The first-order valence-corrected chi connectivity index (χ1v) is 10.7. The molecule has 0 heterocycles. The van der Waals surface area contributed by atoms with Crippen molar-refractivity contribution in [3.8, 4) is 23.0 Å². The smallest absolute Gasteiger partial charge is 0.151 e. The summed E-state index contributed by atoms with van der Waals surface area (Å²) in [5, 5.41) is 2.34. The number of unbranched alkanes of at least 4 members (excludes halogenated alkanes) is 2. The van der Waals surface area contributed by atoms with Gasteiger partial charge in [0.1, 0.15) is 5.69 Å². The molecule has 0 saturated heterocycles. The molecule has 0 fully saturated rings. The van der Waals surface area contributed by atoms with E-state index in [1.165, 1.54) is 30.9 Å². The van der Waals surface area contributed by atoms with Crippen molar-refractivity contribution >= 4 is 34.7 Å². The summed E-state index contributed by atoms with van der Waals surface area (Å²) in [4.78, 5) is 3.67. The maximum Gasteiger partial charge on any atom is 0.151 e. The molecule has 0 amide bonds. The van der Waals surface area contributed by atoms with Crippen LogP contribution in [0.15, 0.2) is 65.7 Å². The first kappa shape index (κ1) is 21.9. The Morgan fingerprint density at radius 2 is 1.53 bits per heavy atom. The lowest BCUT2D eigenvalue weighted by atomic mass is 10.0. The summed E-state index contributed by atoms with van der Waals surface area (Å²) < 4.78 is 14.2. The summed E-state index contributed by atoms with van der Waals surface area (Å²) >= 11 is 10.6. The van der Waals surface area contributed by atoms with Crippen molar-refractivity contribution in [3.63, 3.8) is 0 Å². The van der Waals surface area contributed by atoms with Crippen molar-refractivity contribution in [2.45, 2.75) is 32.6 Å². The minimum Gasteiger partial charge on any atom is -0.205 e. The van der Waals surface area contributed by atoms with Crippen molar-refractivity contribution in [2.24, 2.45) is 4.99 Å². The van der Waals surface area contributed by atoms with Crippen LogP contribution < -0.4 is 0 Å². The zero-order chi connectivity index (χ0) is 21.3. The minimum atomic E-state index is -0.531. The van der Waals surface area contributed by atoms with Gasteiger partial charge in [0.25, 0.3) is 0 Å². The Hall–Kier alpha value is -2.76. The highest BCUT2D eigenvalue weighted by atomic mass is 35.5. The quantitative estimate of drug-likeness (QED) is 0.166. The lowest BCUT2D eigenvalue weighted by Crippen LogP contribution is -1.86. The Morgan fingerprint density at radius 1 is 0.900 bits per heavy atom. The Morgan fingerprint density at radius 3 is 2.10 bits per heavy atom. The average molecular weight is 434 g/mol.